The van der Waals surface area contributed by atoms with Crippen LogP contribution in [0.4, 0.5) is 68.5 Å². The van der Waals surface area contributed by atoms with Crippen LogP contribution in [0, 0.1) is 9.39 Å². The Hall–Kier alpha value is -3.58. The van der Waals surface area contributed by atoms with E-state index in [4.69, 9.17) is 0 Å². The molecule has 0 aliphatic rings. The molecule has 3 aromatic rings. The summed E-state index contributed by atoms with van der Waals surface area (Å²) in [5, 5.41) is 3.87. The van der Waals surface area contributed by atoms with Gasteiger partial charge in [-0.3, -0.25) is 9.59 Å². The first-order valence-corrected chi connectivity index (χ1v) is 12.2. The van der Waals surface area contributed by atoms with Crippen LogP contribution in [0.1, 0.15) is 31.8 Å². The van der Waals surface area contributed by atoms with E-state index in [0.29, 0.717) is 0 Å². The third-order valence-corrected chi connectivity index (χ3v) is 6.56. The number of amides is 2. The molecule has 0 spiro atoms. The smallest absolute Gasteiger partial charge is 0.322 e. The summed E-state index contributed by atoms with van der Waals surface area (Å²) in [6.45, 7) is 0. The maximum atomic E-state index is 14.9. The minimum atomic E-state index is -7.23. The van der Waals surface area contributed by atoms with Gasteiger partial charge in [-0.1, -0.05) is 18.2 Å². The molecule has 3 rings (SSSR count). The minimum Gasteiger partial charge on any atom is -0.322 e. The Balaban J connectivity index is 2.06. The summed E-state index contributed by atoms with van der Waals surface area (Å²) in [7, 11) is 0. The molecule has 0 fully saturated rings. The average molecular weight is 746 g/mol. The fourth-order valence-electron chi connectivity index (χ4n) is 3.64. The van der Waals surface area contributed by atoms with Gasteiger partial charge in [-0.2, -0.15) is 48.3 Å². The van der Waals surface area contributed by atoms with E-state index < -0.39 is 85.3 Å². The van der Waals surface area contributed by atoms with Crippen molar-refractivity contribution in [3.05, 3.63) is 92.3 Å². The Morgan fingerprint density at radius 1 is 0.674 bits per heavy atom. The van der Waals surface area contributed by atoms with Gasteiger partial charge in [0.2, 0.25) is 0 Å². The highest BCUT2D eigenvalue weighted by Gasteiger charge is 2.82. The van der Waals surface area contributed by atoms with Crippen molar-refractivity contribution in [1.29, 1.82) is 0 Å². The van der Waals surface area contributed by atoms with Crippen molar-refractivity contribution in [2.45, 2.75) is 30.1 Å². The SMILES string of the molecule is O=C(Nc1c(I)cc(C(F)(C(F)(F)F)C(F)(F)C(F)(F)F)cc1C(F)(F)F)c1cccc(NC(=O)c2ccccc2F)c1. The van der Waals surface area contributed by atoms with Gasteiger partial charge in [0.05, 0.1) is 16.8 Å². The van der Waals surface area contributed by atoms with Crippen LogP contribution in [-0.4, -0.2) is 30.1 Å². The zero-order valence-corrected chi connectivity index (χ0v) is 22.5. The zero-order chi connectivity index (χ0) is 32.8. The van der Waals surface area contributed by atoms with Crippen molar-refractivity contribution in [3.8, 4) is 0 Å². The van der Waals surface area contributed by atoms with Crippen LogP contribution in [0.3, 0.4) is 0 Å². The molecular formula is C25H12F13IN2O2. The second kappa shape index (κ2) is 11.5. The third-order valence-electron chi connectivity index (χ3n) is 5.71. The number of nitrogens with one attached hydrogen (secondary N) is 2. The molecule has 1 unspecified atom stereocenters. The van der Waals surface area contributed by atoms with E-state index in [9.17, 15) is 66.7 Å². The molecule has 0 bridgehead atoms. The number of halogens is 14. The topological polar surface area (TPSA) is 58.2 Å². The third kappa shape index (κ3) is 6.52. The first-order chi connectivity index (χ1) is 19.5. The lowest BCUT2D eigenvalue weighted by atomic mass is 9.86. The van der Waals surface area contributed by atoms with Crippen molar-refractivity contribution in [2.75, 3.05) is 10.6 Å². The van der Waals surface area contributed by atoms with E-state index in [-0.39, 0.29) is 11.8 Å². The first kappa shape index (κ1) is 33.9. The van der Waals surface area contributed by atoms with Crippen molar-refractivity contribution in [2.24, 2.45) is 0 Å². The largest absolute Gasteiger partial charge is 0.457 e. The number of carbonyl (C=O) groups is 2. The molecule has 18 heteroatoms. The van der Waals surface area contributed by atoms with Gasteiger partial charge in [-0.25, -0.2) is 8.78 Å². The zero-order valence-electron chi connectivity index (χ0n) is 20.4. The van der Waals surface area contributed by atoms with E-state index in [1.165, 1.54) is 18.2 Å². The molecule has 43 heavy (non-hydrogen) atoms. The van der Waals surface area contributed by atoms with Gasteiger partial charge in [0, 0.05) is 20.4 Å². The predicted octanol–water partition coefficient (Wildman–Crippen LogP) is 8.88. The highest BCUT2D eigenvalue weighted by molar-refractivity contribution is 14.1. The number of hydrogen-bond donors (Lipinski definition) is 2. The molecule has 0 aromatic heterocycles. The minimum absolute atomic E-state index is 0.177. The average Bonchev–Trinajstić information content (AvgIpc) is 2.87. The molecule has 1 atom stereocenters. The molecule has 0 aliphatic heterocycles. The second-order valence-corrected chi connectivity index (χ2v) is 9.74. The van der Waals surface area contributed by atoms with Gasteiger partial charge in [0.15, 0.2) is 0 Å². The number of rotatable bonds is 6. The molecule has 0 saturated heterocycles. The quantitative estimate of drug-likeness (QED) is 0.196. The lowest BCUT2D eigenvalue weighted by Crippen LogP contribution is -2.59. The highest BCUT2D eigenvalue weighted by atomic mass is 127. The molecule has 0 heterocycles. The first-order valence-electron chi connectivity index (χ1n) is 11.1. The Morgan fingerprint density at radius 3 is 1.81 bits per heavy atom. The summed E-state index contributed by atoms with van der Waals surface area (Å²) < 4.78 is 176. The van der Waals surface area contributed by atoms with Gasteiger partial charge in [0.1, 0.15) is 5.82 Å². The summed E-state index contributed by atoms with van der Waals surface area (Å²) >= 11 is 0.786. The maximum Gasteiger partial charge on any atom is 0.457 e. The Bertz CT molecular complexity index is 1550. The molecule has 0 radical (unpaired) electrons. The van der Waals surface area contributed by atoms with Crippen molar-refractivity contribution in [3.63, 3.8) is 0 Å². The Kier molecular flexibility index (Phi) is 9.06. The second-order valence-electron chi connectivity index (χ2n) is 8.58. The maximum absolute atomic E-state index is 14.9. The van der Waals surface area contributed by atoms with Gasteiger partial charge in [-0.15, -0.1) is 0 Å². The van der Waals surface area contributed by atoms with Gasteiger partial charge in [-0.05, 0) is 65.1 Å². The molecule has 2 N–H and O–H groups in total. The van der Waals surface area contributed by atoms with Crippen LogP contribution in [-0.2, 0) is 11.8 Å². The molecule has 3 aromatic carbocycles. The summed E-state index contributed by atoms with van der Waals surface area (Å²) in [5.74, 6) is -10.6. The van der Waals surface area contributed by atoms with Crippen LogP contribution in [0.5, 0.6) is 0 Å². The Morgan fingerprint density at radius 2 is 1.28 bits per heavy atom. The number of benzene rings is 3. The Labute approximate surface area is 245 Å². The van der Waals surface area contributed by atoms with E-state index >= 15 is 0 Å². The molecule has 232 valence electrons. The van der Waals surface area contributed by atoms with Crippen LogP contribution < -0.4 is 10.6 Å². The summed E-state index contributed by atoms with van der Waals surface area (Å²) in [6.07, 6.45) is -20.1. The lowest BCUT2D eigenvalue weighted by molar-refractivity contribution is -0.389. The van der Waals surface area contributed by atoms with Crippen LogP contribution in [0.2, 0.25) is 0 Å². The molecule has 2 amide bonds. The van der Waals surface area contributed by atoms with Crippen LogP contribution >= 0.6 is 22.6 Å². The van der Waals surface area contributed by atoms with Gasteiger partial charge >= 0.3 is 30.1 Å². The van der Waals surface area contributed by atoms with E-state index in [0.717, 1.165) is 52.9 Å². The van der Waals surface area contributed by atoms with Crippen molar-refractivity contribution in [1.82, 2.24) is 0 Å². The van der Waals surface area contributed by atoms with Crippen molar-refractivity contribution < 1.29 is 66.7 Å². The van der Waals surface area contributed by atoms with Crippen LogP contribution in [0.15, 0.2) is 60.7 Å². The predicted molar refractivity (Wildman–Crippen MR) is 133 cm³/mol. The lowest BCUT2D eigenvalue weighted by Gasteiger charge is -2.36. The van der Waals surface area contributed by atoms with E-state index in [1.54, 1.807) is 5.32 Å². The van der Waals surface area contributed by atoms with Crippen molar-refractivity contribution >= 4 is 45.8 Å². The summed E-state index contributed by atoms with van der Waals surface area (Å²) in [4.78, 5) is 25.1. The molecule has 4 nitrogen and oxygen atoms in total. The fraction of sp³-hybridized carbons (Fsp3) is 0.200. The summed E-state index contributed by atoms with van der Waals surface area (Å²) in [6, 6.07) is 7.64. The number of hydrogen-bond acceptors (Lipinski definition) is 2. The molecular weight excluding hydrogens is 734 g/mol. The van der Waals surface area contributed by atoms with Gasteiger partial charge in [0.25, 0.3) is 11.8 Å². The number of carbonyl (C=O) groups excluding carboxylic acids is 2. The summed E-state index contributed by atoms with van der Waals surface area (Å²) in [5.41, 5.74) is -14.3. The monoisotopic (exact) mass is 746 g/mol. The van der Waals surface area contributed by atoms with E-state index in [1.807, 2.05) is 0 Å². The normalized spacial score (nSPS) is 14.2. The molecule has 0 aliphatic carbocycles. The van der Waals surface area contributed by atoms with Gasteiger partial charge < -0.3 is 10.6 Å². The highest BCUT2D eigenvalue weighted by Crippen LogP contribution is 2.59. The van der Waals surface area contributed by atoms with E-state index in [2.05, 4.69) is 5.32 Å². The standard InChI is InChI=1S/C25H12F13IN2O2/c26-16-7-2-1-6-14(16)20(43)40-13-5-3-4-11(8-13)19(42)41-18-15(22(28,29)30)9-12(10-17(18)39)21(27,24(33,34)35)23(31,32)25(36,37)38/h1-10H,(H,40,43)(H,41,42). The fourth-order valence-corrected chi connectivity index (χ4v) is 4.40. The molecule has 0 saturated carbocycles. The van der Waals surface area contributed by atoms with Crippen LogP contribution in [0.25, 0.3) is 0 Å². The number of anilines is 2. The number of alkyl halides is 12.